The average molecular weight is 338 g/mol. The van der Waals surface area contributed by atoms with E-state index in [4.69, 9.17) is 19.4 Å². The first kappa shape index (κ1) is 15.5. The van der Waals surface area contributed by atoms with Crippen LogP contribution in [0.5, 0.6) is 0 Å². The van der Waals surface area contributed by atoms with Gasteiger partial charge >= 0.3 is 0 Å². The molecule has 120 valence electrons. The van der Waals surface area contributed by atoms with Crippen LogP contribution in [0.1, 0.15) is 12.8 Å². The Hall–Kier alpha value is -2.05. The van der Waals surface area contributed by atoms with Crippen LogP contribution in [-0.4, -0.2) is 41.6 Å². The summed E-state index contributed by atoms with van der Waals surface area (Å²) in [5.41, 5.74) is 2.87. The number of fused-ring (bicyclic) bond motifs is 1. The molecular weight excluding hydrogens is 320 g/mol. The Balaban J connectivity index is 1.81. The zero-order chi connectivity index (χ0) is 16.5. The van der Waals surface area contributed by atoms with Crippen molar-refractivity contribution in [2.75, 3.05) is 18.4 Å². The molecule has 4 rings (SSSR count). The minimum Gasteiger partial charge on any atom is -0.367 e. The Labute approximate surface area is 146 Å². The number of aromatic nitrogens is 3. The maximum absolute atomic E-state index is 6.35. The van der Waals surface area contributed by atoms with Crippen molar-refractivity contribution in [3.05, 3.63) is 41.6 Å². The van der Waals surface area contributed by atoms with E-state index >= 15 is 0 Å². The molecule has 0 saturated carbocycles. The van der Waals surface area contributed by atoms with E-state index in [1.165, 1.54) is 0 Å². The molecule has 0 spiro atoms. The van der Waals surface area contributed by atoms with Gasteiger partial charge in [-0.25, -0.2) is 4.98 Å². The van der Waals surface area contributed by atoms with Crippen LogP contribution in [0.25, 0.3) is 16.9 Å². The first-order chi connectivity index (χ1) is 11.7. The van der Waals surface area contributed by atoms with Crippen LogP contribution in [0.4, 0.5) is 5.82 Å². The molecule has 24 heavy (non-hydrogen) atoms. The van der Waals surface area contributed by atoms with Crippen LogP contribution in [-0.2, 0) is 0 Å². The number of nitrogens with zero attached hydrogens (tertiary/aromatic N) is 3. The molecular formula is C17H17BClN5. The van der Waals surface area contributed by atoms with Crippen LogP contribution in [0.2, 0.25) is 5.02 Å². The number of nitrogens with one attached hydrogen (secondary N) is 2. The van der Waals surface area contributed by atoms with E-state index in [1.807, 2.05) is 30.3 Å². The molecule has 2 radical (unpaired) electrons. The lowest BCUT2D eigenvalue weighted by molar-refractivity contribution is 0.477. The van der Waals surface area contributed by atoms with Crippen molar-refractivity contribution >= 4 is 36.4 Å². The standard InChI is InChI=1S/C17H17BClN5/c18-13-10-21-24-16(22-11-5-7-20-8-6-11)9-15(23-17(13)24)12-3-1-2-4-14(12)19/h1-4,9-11,20,22H,5-8H2. The first-order valence-electron chi connectivity index (χ1n) is 8.09. The molecule has 1 fully saturated rings. The van der Waals surface area contributed by atoms with E-state index < -0.39 is 0 Å². The molecule has 0 amide bonds. The Morgan fingerprint density at radius 2 is 2.04 bits per heavy atom. The zero-order valence-electron chi connectivity index (χ0n) is 13.2. The van der Waals surface area contributed by atoms with Crippen LogP contribution in [0, 0.1) is 0 Å². The van der Waals surface area contributed by atoms with E-state index in [0.29, 0.717) is 22.2 Å². The van der Waals surface area contributed by atoms with Gasteiger partial charge in [0.15, 0.2) is 5.65 Å². The van der Waals surface area contributed by atoms with E-state index in [9.17, 15) is 0 Å². The smallest absolute Gasteiger partial charge is 0.150 e. The van der Waals surface area contributed by atoms with Gasteiger partial charge < -0.3 is 10.6 Å². The Morgan fingerprint density at radius 1 is 1.25 bits per heavy atom. The fourth-order valence-electron chi connectivity index (χ4n) is 3.06. The molecule has 5 nitrogen and oxygen atoms in total. The lowest BCUT2D eigenvalue weighted by atomic mass is 10.0. The largest absolute Gasteiger partial charge is 0.367 e. The molecule has 3 aromatic rings. The minimum atomic E-state index is 0.404. The highest BCUT2D eigenvalue weighted by Gasteiger charge is 2.17. The number of piperidine rings is 1. The van der Waals surface area contributed by atoms with Gasteiger partial charge in [-0.15, -0.1) is 0 Å². The zero-order valence-corrected chi connectivity index (χ0v) is 13.9. The summed E-state index contributed by atoms with van der Waals surface area (Å²) in [6.45, 7) is 2.04. The highest BCUT2D eigenvalue weighted by molar-refractivity contribution is 6.36. The number of hydrogen-bond acceptors (Lipinski definition) is 4. The molecule has 3 heterocycles. The fraction of sp³-hybridized carbons (Fsp3) is 0.294. The molecule has 7 heteroatoms. The van der Waals surface area contributed by atoms with E-state index in [0.717, 1.165) is 43.0 Å². The van der Waals surface area contributed by atoms with E-state index in [-0.39, 0.29) is 0 Å². The Kier molecular flexibility index (Phi) is 4.16. The van der Waals surface area contributed by atoms with Crippen LogP contribution < -0.4 is 16.1 Å². The molecule has 2 aromatic heterocycles. The summed E-state index contributed by atoms with van der Waals surface area (Å²) in [6, 6.07) is 10.1. The average Bonchev–Trinajstić information content (AvgIpc) is 2.98. The Bertz CT molecular complexity index is 873. The minimum absolute atomic E-state index is 0.404. The number of rotatable bonds is 3. The van der Waals surface area contributed by atoms with Gasteiger partial charge in [0.25, 0.3) is 0 Å². The van der Waals surface area contributed by atoms with Crippen molar-refractivity contribution < 1.29 is 0 Å². The van der Waals surface area contributed by atoms with Gasteiger partial charge in [0.1, 0.15) is 13.7 Å². The summed E-state index contributed by atoms with van der Waals surface area (Å²) in [4.78, 5) is 4.66. The quantitative estimate of drug-likeness (QED) is 0.718. The van der Waals surface area contributed by atoms with Crippen LogP contribution in [0.15, 0.2) is 36.5 Å². The van der Waals surface area contributed by atoms with Gasteiger partial charge in [-0.1, -0.05) is 29.8 Å². The maximum Gasteiger partial charge on any atom is 0.150 e. The third-order valence-corrected chi connectivity index (χ3v) is 4.67. The maximum atomic E-state index is 6.35. The molecule has 0 aliphatic carbocycles. The van der Waals surface area contributed by atoms with E-state index in [2.05, 4.69) is 20.7 Å². The van der Waals surface area contributed by atoms with Crippen molar-refractivity contribution in [2.24, 2.45) is 0 Å². The summed E-state index contributed by atoms with van der Waals surface area (Å²) in [7, 11) is 6.05. The number of anilines is 1. The number of hydrogen-bond donors (Lipinski definition) is 2. The van der Waals surface area contributed by atoms with Gasteiger partial charge in [0, 0.05) is 28.9 Å². The highest BCUT2D eigenvalue weighted by atomic mass is 35.5. The van der Waals surface area contributed by atoms with Gasteiger partial charge in [-0.3, -0.25) is 0 Å². The molecule has 0 atom stereocenters. The molecule has 1 aliphatic heterocycles. The molecule has 1 saturated heterocycles. The summed E-state index contributed by atoms with van der Waals surface area (Å²) in [6.07, 6.45) is 3.77. The molecule has 0 bridgehead atoms. The molecule has 2 N–H and O–H groups in total. The second kappa shape index (κ2) is 6.45. The third-order valence-electron chi connectivity index (χ3n) is 4.34. The normalized spacial score (nSPS) is 15.7. The van der Waals surface area contributed by atoms with Crippen LogP contribution >= 0.6 is 11.6 Å². The predicted molar refractivity (Wildman–Crippen MR) is 98.3 cm³/mol. The summed E-state index contributed by atoms with van der Waals surface area (Å²) < 4.78 is 1.76. The van der Waals surface area contributed by atoms with Crippen molar-refractivity contribution in [2.45, 2.75) is 18.9 Å². The SMILES string of the molecule is [B]c1cnn2c(NC3CCNCC3)cc(-c3ccccc3Cl)nc12. The van der Waals surface area contributed by atoms with E-state index in [1.54, 1.807) is 10.7 Å². The lowest BCUT2D eigenvalue weighted by Gasteiger charge is -2.25. The molecule has 1 aromatic carbocycles. The molecule has 0 unspecified atom stereocenters. The summed E-state index contributed by atoms with van der Waals surface area (Å²) in [5.74, 6) is 0.888. The first-order valence-corrected chi connectivity index (χ1v) is 8.46. The van der Waals surface area contributed by atoms with Crippen molar-refractivity contribution in [3.8, 4) is 11.3 Å². The van der Waals surface area contributed by atoms with Gasteiger partial charge in [-0.2, -0.15) is 9.61 Å². The van der Waals surface area contributed by atoms with Crippen molar-refractivity contribution in [1.29, 1.82) is 0 Å². The van der Waals surface area contributed by atoms with Crippen molar-refractivity contribution in [1.82, 2.24) is 19.9 Å². The number of halogens is 1. The Morgan fingerprint density at radius 3 is 2.83 bits per heavy atom. The topological polar surface area (TPSA) is 54.2 Å². The van der Waals surface area contributed by atoms with Crippen molar-refractivity contribution in [3.63, 3.8) is 0 Å². The predicted octanol–water partition coefficient (Wildman–Crippen LogP) is 2.01. The summed E-state index contributed by atoms with van der Waals surface area (Å²) >= 11 is 6.35. The number of benzene rings is 1. The lowest BCUT2D eigenvalue weighted by Crippen LogP contribution is -2.35. The van der Waals surface area contributed by atoms with Gasteiger partial charge in [0.05, 0.1) is 5.69 Å². The fourth-order valence-corrected chi connectivity index (χ4v) is 3.30. The highest BCUT2D eigenvalue weighted by Crippen LogP contribution is 2.28. The summed E-state index contributed by atoms with van der Waals surface area (Å²) in [5, 5.41) is 12.0. The molecule has 1 aliphatic rings. The van der Waals surface area contributed by atoms with Gasteiger partial charge in [0.2, 0.25) is 0 Å². The van der Waals surface area contributed by atoms with Gasteiger partial charge in [-0.05, 0) is 37.5 Å². The van der Waals surface area contributed by atoms with Crippen LogP contribution in [0.3, 0.4) is 0 Å². The second-order valence-corrected chi connectivity index (χ2v) is 6.42. The monoisotopic (exact) mass is 337 g/mol. The second-order valence-electron chi connectivity index (χ2n) is 6.01. The third kappa shape index (κ3) is 2.87.